The van der Waals surface area contributed by atoms with E-state index in [0.717, 1.165) is 33.1 Å². The Morgan fingerprint density at radius 2 is 1.49 bits per heavy atom. The lowest BCUT2D eigenvalue weighted by molar-refractivity contribution is 0.0602. The van der Waals surface area contributed by atoms with Crippen molar-refractivity contribution < 1.29 is 9.53 Å². The van der Waals surface area contributed by atoms with Crippen molar-refractivity contribution in [3.63, 3.8) is 0 Å². The van der Waals surface area contributed by atoms with Crippen LogP contribution in [0.15, 0.2) is 90.3 Å². The Hall–Kier alpha value is -4.36. The molecular formula is C28H22N4O2S. The molecule has 6 nitrogen and oxygen atoms in total. The summed E-state index contributed by atoms with van der Waals surface area (Å²) in [5.41, 5.74) is 6.03. The van der Waals surface area contributed by atoms with Crippen molar-refractivity contribution in [3.05, 3.63) is 101 Å². The molecule has 2 heterocycles. The molecule has 0 fully saturated rings. The van der Waals surface area contributed by atoms with Crippen LogP contribution >= 0.6 is 11.3 Å². The molecule has 0 unspecified atom stereocenters. The fraction of sp³-hybridized carbons (Fsp3) is 0.0714. The summed E-state index contributed by atoms with van der Waals surface area (Å²) in [6.45, 7) is 1.99. The highest BCUT2D eigenvalue weighted by atomic mass is 32.1. The van der Waals surface area contributed by atoms with Crippen molar-refractivity contribution in [3.8, 4) is 33.6 Å². The lowest BCUT2D eigenvalue weighted by atomic mass is 9.95. The van der Waals surface area contributed by atoms with Gasteiger partial charge < -0.3 is 10.1 Å². The third-order valence-electron chi connectivity index (χ3n) is 5.54. The average Bonchev–Trinajstić information content (AvgIpc) is 3.35. The molecule has 7 heteroatoms. The second kappa shape index (κ2) is 9.87. The third-order valence-corrected chi connectivity index (χ3v) is 6.31. The van der Waals surface area contributed by atoms with Gasteiger partial charge in [0.1, 0.15) is 11.3 Å². The van der Waals surface area contributed by atoms with Gasteiger partial charge in [-0.15, -0.1) is 21.5 Å². The maximum absolute atomic E-state index is 13.1. The summed E-state index contributed by atoms with van der Waals surface area (Å²) >= 11 is 1.62. The Morgan fingerprint density at radius 3 is 2.09 bits per heavy atom. The topological polar surface area (TPSA) is 77.0 Å². The number of nitrogens with one attached hydrogen (secondary N) is 1. The Morgan fingerprint density at radius 1 is 0.829 bits per heavy atom. The van der Waals surface area contributed by atoms with Crippen molar-refractivity contribution in [2.24, 2.45) is 0 Å². The zero-order valence-electron chi connectivity index (χ0n) is 19.2. The SMILES string of the molecule is COC(=O)c1c(Nc2ccc(-c3csc(C)n3)cc2)nnc(-c2ccccc2)c1-c1ccccc1. The minimum Gasteiger partial charge on any atom is -0.465 e. The first-order chi connectivity index (χ1) is 17.1. The van der Waals surface area contributed by atoms with E-state index in [0.29, 0.717) is 22.6 Å². The molecule has 0 aliphatic carbocycles. The van der Waals surface area contributed by atoms with Crippen LogP contribution in [-0.4, -0.2) is 28.3 Å². The van der Waals surface area contributed by atoms with E-state index < -0.39 is 5.97 Å². The summed E-state index contributed by atoms with van der Waals surface area (Å²) in [7, 11) is 1.37. The van der Waals surface area contributed by atoms with Gasteiger partial charge in [-0.2, -0.15) is 0 Å². The molecule has 5 rings (SSSR count). The smallest absolute Gasteiger partial charge is 0.342 e. The number of hydrogen-bond donors (Lipinski definition) is 1. The van der Waals surface area contributed by atoms with Gasteiger partial charge in [-0.25, -0.2) is 9.78 Å². The number of carbonyl (C=O) groups excluding carboxylic acids is 1. The molecular weight excluding hydrogens is 456 g/mol. The number of esters is 1. The van der Waals surface area contributed by atoms with Crippen LogP contribution in [0.4, 0.5) is 11.5 Å². The lowest BCUT2D eigenvalue weighted by Gasteiger charge is -2.17. The molecule has 172 valence electrons. The second-order valence-electron chi connectivity index (χ2n) is 7.82. The van der Waals surface area contributed by atoms with Crippen molar-refractivity contribution in [2.45, 2.75) is 6.92 Å². The van der Waals surface area contributed by atoms with Gasteiger partial charge in [0.25, 0.3) is 0 Å². The highest BCUT2D eigenvalue weighted by molar-refractivity contribution is 7.09. The summed E-state index contributed by atoms with van der Waals surface area (Å²) in [4.78, 5) is 17.6. The Bertz CT molecular complexity index is 1470. The van der Waals surface area contributed by atoms with E-state index in [4.69, 9.17) is 4.74 Å². The summed E-state index contributed by atoms with van der Waals surface area (Å²) in [5.74, 6) is -0.166. The first-order valence-corrected chi connectivity index (χ1v) is 11.9. The van der Waals surface area contributed by atoms with Crippen LogP contribution in [0.25, 0.3) is 33.6 Å². The number of hydrogen-bond acceptors (Lipinski definition) is 7. The van der Waals surface area contributed by atoms with Crippen LogP contribution in [0, 0.1) is 6.92 Å². The molecule has 35 heavy (non-hydrogen) atoms. The summed E-state index contributed by atoms with van der Waals surface area (Å²) in [5, 5.41) is 15.3. The number of methoxy groups -OCH3 is 1. The van der Waals surface area contributed by atoms with Crippen LogP contribution < -0.4 is 5.32 Å². The van der Waals surface area contributed by atoms with Crippen molar-refractivity contribution in [1.82, 2.24) is 15.2 Å². The minimum atomic E-state index is -0.493. The number of anilines is 2. The van der Waals surface area contributed by atoms with E-state index in [-0.39, 0.29) is 0 Å². The van der Waals surface area contributed by atoms with Gasteiger partial charge in [-0.3, -0.25) is 0 Å². The fourth-order valence-electron chi connectivity index (χ4n) is 3.87. The highest BCUT2D eigenvalue weighted by Gasteiger charge is 2.25. The molecule has 0 spiro atoms. The number of carbonyl (C=O) groups is 1. The molecule has 0 radical (unpaired) electrons. The van der Waals surface area contributed by atoms with E-state index in [2.05, 4.69) is 20.5 Å². The number of aromatic nitrogens is 3. The monoisotopic (exact) mass is 478 g/mol. The molecule has 5 aromatic rings. The van der Waals surface area contributed by atoms with Gasteiger partial charge in [-0.1, -0.05) is 72.8 Å². The number of rotatable bonds is 6. The number of ether oxygens (including phenoxy) is 1. The van der Waals surface area contributed by atoms with E-state index in [1.807, 2.05) is 97.2 Å². The predicted octanol–water partition coefficient (Wildman–Crippen LogP) is 6.77. The van der Waals surface area contributed by atoms with Gasteiger partial charge >= 0.3 is 5.97 Å². The normalized spacial score (nSPS) is 10.7. The molecule has 0 aliphatic heterocycles. The van der Waals surface area contributed by atoms with Crippen molar-refractivity contribution >= 4 is 28.8 Å². The summed E-state index contributed by atoms with van der Waals surface area (Å²) < 4.78 is 5.19. The molecule has 0 saturated heterocycles. The maximum atomic E-state index is 13.1. The molecule has 0 bridgehead atoms. The first kappa shape index (κ1) is 22.4. The standard InChI is InChI=1S/C28H22N4O2S/c1-18-29-23(17-35-18)19-13-15-22(16-14-19)30-27-25(28(33)34-2)24(20-9-5-3-6-10-20)26(31-32-27)21-11-7-4-8-12-21/h3-17H,1-2H3,(H,30,32). The van der Waals surface area contributed by atoms with E-state index in [1.54, 1.807) is 11.3 Å². The number of benzene rings is 3. The van der Waals surface area contributed by atoms with Crippen LogP contribution in [0.5, 0.6) is 0 Å². The minimum absolute atomic E-state index is 0.326. The lowest BCUT2D eigenvalue weighted by Crippen LogP contribution is -2.12. The molecule has 0 aliphatic rings. The molecule has 0 atom stereocenters. The number of thiazole rings is 1. The number of aryl methyl sites for hydroxylation is 1. The average molecular weight is 479 g/mol. The van der Waals surface area contributed by atoms with Gasteiger partial charge in [0.05, 0.1) is 17.8 Å². The molecule has 0 amide bonds. The maximum Gasteiger partial charge on any atom is 0.342 e. The summed E-state index contributed by atoms with van der Waals surface area (Å²) in [6.07, 6.45) is 0. The van der Waals surface area contributed by atoms with Crippen molar-refractivity contribution in [2.75, 3.05) is 12.4 Å². The molecule has 0 saturated carbocycles. The largest absolute Gasteiger partial charge is 0.465 e. The van der Waals surface area contributed by atoms with Gasteiger partial charge in [0.2, 0.25) is 0 Å². The Balaban J connectivity index is 1.62. The quantitative estimate of drug-likeness (QED) is 0.271. The fourth-order valence-corrected chi connectivity index (χ4v) is 4.49. The zero-order chi connectivity index (χ0) is 24.2. The van der Waals surface area contributed by atoms with Crippen LogP contribution in [0.2, 0.25) is 0 Å². The van der Waals surface area contributed by atoms with Crippen LogP contribution in [0.3, 0.4) is 0 Å². The van der Waals surface area contributed by atoms with E-state index in [9.17, 15) is 4.79 Å². The second-order valence-corrected chi connectivity index (χ2v) is 8.89. The number of nitrogens with zero attached hydrogens (tertiary/aromatic N) is 3. The van der Waals surface area contributed by atoms with E-state index >= 15 is 0 Å². The van der Waals surface area contributed by atoms with Crippen LogP contribution in [0.1, 0.15) is 15.4 Å². The molecule has 1 N–H and O–H groups in total. The highest BCUT2D eigenvalue weighted by Crippen LogP contribution is 2.37. The first-order valence-electron chi connectivity index (χ1n) is 11.0. The van der Waals surface area contributed by atoms with Gasteiger partial charge in [0.15, 0.2) is 5.82 Å². The Labute approximate surface area is 207 Å². The Kier molecular flexibility index (Phi) is 6.32. The van der Waals surface area contributed by atoms with Crippen LogP contribution in [-0.2, 0) is 4.74 Å². The molecule has 3 aromatic carbocycles. The van der Waals surface area contributed by atoms with Gasteiger partial charge in [-0.05, 0) is 24.6 Å². The van der Waals surface area contributed by atoms with E-state index in [1.165, 1.54) is 7.11 Å². The zero-order valence-corrected chi connectivity index (χ0v) is 20.0. The van der Waals surface area contributed by atoms with Gasteiger partial charge in [0, 0.05) is 27.8 Å². The predicted molar refractivity (Wildman–Crippen MR) is 140 cm³/mol. The van der Waals surface area contributed by atoms with Crippen molar-refractivity contribution in [1.29, 1.82) is 0 Å². The third kappa shape index (κ3) is 4.67. The molecule has 2 aromatic heterocycles. The summed E-state index contributed by atoms with van der Waals surface area (Å²) in [6, 6.07) is 27.2.